The van der Waals surface area contributed by atoms with Gasteiger partial charge in [-0.3, -0.25) is 14.4 Å². The number of esters is 1. The van der Waals surface area contributed by atoms with Crippen LogP contribution in [0.4, 0.5) is 0 Å². The lowest BCUT2D eigenvalue weighted by Gasteiger charge is -2.26. The average molecular weight is 322 g/mol. The maximum Gasteiger partial charge on any atom is 0.304 e. The molecule has 1 aliphatic rings. The van der Waals surface area contributed by atoms with Crippen LogP contribution in [-0.2, 0) is 21.6 Å². The van der Waals surface area contributed by atoms with Gasteiger partial charge >= 0.3 is 5.97 Å². The Balaban J connectivity index is 2.21. The van der Waals surface area contributed by atoms with Crippen LogP contribution in [-0.4, -0.2) is 17.5 Å². The normalized spacial score (nSPS) is 15.2. The zero-order chi connectivity index (χ0) is 17.3. The van der Waals surface area contributed by atoms with Gasteiger partial charge < -0.3 is 4.74 Å². The van der Waals surface area contributed by atoms with Crippen molar-refractivity contribution < 1.29 is 19.1 Å². The fourth-order valence-electron chi connectivity index (χ4n) is 3.23. The summed E-state index contributed by atoms with van der Waals surface area (Å²) in [4.78, 5) is 37.8. The van der Waals surface area contributed by atoms with Gasteiger partial charge in [0.15, 0.2) is 0 Å². The minimum Gasteiger partial charge on any atom is -0.437 e. The quantitative estimate of drug-likeness (QED) is 0.639. The highest BCUT2D eigenvalue weighted by atomic mass is 16.6. The summed E-state index contributed by atoms with van der Waals surface area (Å²) in [6.07, 6.45) is 1.76. The Morgan fingerprint density at radius 1 is 1.00 bits per heavy atom. The van der Waals surface area contributed by atoms with Gasteiger partial charge in [-0.15, -0.1) is 0 Å². The molecule has 0 amide bonds. The van der Waals surface area contributed by atoms with Crippen molar-refractivity contribution in [2.24, 2.45) is 0 Å². The largest absolute Gasteiger partial charge is 0.437 e. The van der Waals surface area contributed by atoms with Crippen LogP contribution in [0.5, 0.6) is 0 Å². The maximum absolute atomic E-state index is 13.0. The van der Waals surface area contributed by atoms with E-state index in [1.165, 1.54) is 6.92 Å². The first-order valence-electron chi connectivity index (χ1n) is 7.98. The van der Waals surface area contributed by atoms with Gasteiger partial charge in [-0.2, -0.15) is 0 Å². The van der Waals surface area contributed by atoms with Crippen LogP contribution >= 0.6 is 0 Å². The Morgan fingerprint density at radius 3 is 2.17 bits per heavy atom. The summed E-state index contributed by atoms with van der Waals surface area (Å²) in [6.45, 7) is 3.26. The molecule has 0 radical (unpaired) electrons. The van der Waals surface area contributed by atoms with E-state index in [1.54, 1.807) is 42.5 Å². The van der Waals surface area contributed by atoms with Crippen molar-refractivity contribution in [1.29, 1.82) is 0 Å². The predicted molar refractivity (Wildman–Crippen MR) is 89.0 cm³/mol. The van der Waals surface area contributed by atoms with E-state index in [2.05, 4.69) is 6.92 Å². The molecule has 0 fully saturated rings. The van der Waals surface area contributed by atoms with Gasteiger partial charge in [0.05, 0.1) is 0 Å². The molecular weight excluding hydrogens is 304 g/mol. The Hall–Kier alpha value is -2.75. The van der Waals surface area contributed by atoms with Crippen molar-refractivity contribution >= 4 is 17.5 Å². The second-order valence-corrected chi connectivity index (χ2v) is 5.93. The topological polar surface area (TPSA) is 60.4 Å². The summed E-state index contributed by atoms with van der Waals surface area (Å²) in [5.74, 6) is -1.62. The predicted octanol–water partition coefficient (Wildman–Crippen LogP) is 3.48. The number of Topliss-reactive ketones (excluding diaryl/α,β-unsaturated/α-hetero) is 2. The molecule has 2 aromatic carbocycles. The summed E-state index contributed by atoms with van der Waals surface area (Å²) >= 11 is 0. The monoisotopic (exact) mass is 322 g/mol. The lowest BCUT2D eigenvalue weighted by molar-refractivity contribution is -0.149. The Bertz CT molecular complexity index is 800. The number of aryl methyl sites for hydroxylation is 1. The molecule has 0 unspecified atom stereocenters. The number of benzene rings is 2. The first-order valence-corrected chi connectivity index (χ1v) is 7.98. The third-order valence-corrected chi connectivity index (χ3v) is 4.22. The highest BCUT2D eigenvalue weighted by molar-refractivity contribution is 6.32. The van der Waals surface area contributed by atoms with E-state index in [-0.39, 0.29) is 0 Å². The lowest BCUT2D eigenvalue weighted by atomic mass is 9.87. The van der Waals surface area contributed by atoms with Gasteiger partial charge in [0.25, 0.3) is 5.60 Å². The third-order valence-electron chi connectivity index (χ3n) is 4.22. The van der Waals surface area contributed by atoms with Gasteiger partial charge in [0.1, 0.15) is 0 Å². The summed E-state index contributed by atoms with van der Waals surface area (Å²) in [7, 11) is 0. The zero-order valence-electron chi connectivity index (χ0n) is 13.7. The molecule has 0 saturated heterocycles. The van der Waals surface area contributed by atoms with Crippen LogP contribution < -0.4 is 0 Å². The summed E-state index contributed by atoms with van der Waals surface area (Å²) < 4.78 is 5.39. The molecule has 0 aliphatic heterocycles. The third kappa shape index (κ3) is 2.35. The molecule has 0 aromatic heterocycles. The molecule has 1 aliphatic carbocycles. The van der Waals surface area contributed by atoms with E-state index < -0.39 is 23.1 Å². The SMILES string of the molecule is CCCc1cccc(C2(OC(C)=O)C(=O)c3ccccc3C2=O)c1. The van der Waals surface area contributed by atoms with Crippen molar-refractivity contribution in [2.75, 3.05) is 0 Å². The minimum atomic E-state index is -1.90. The van der Waals surface area contributed by atoms with Crippen LogP contribution in [0.25, 0.3) is 0 Å². The van der Waals surface area contributed by atoms with Crippen molar-refractivity contribution in [2.45, 2.75) is 32.3 Å². The molecule has 0 atom stereocenters. The first-order chi connectivity index (χ1) is 11.5. The molecule has 0 heterocycles. The Morgan fingerprint density at radius 2 is 1.62 bits per heavy atom. The number of hydrogen-bond acceptors (Lipinski definition) is 4. The van der Waals surface area contributed by atoms with Crippen molar-refractivity contribution in [3.8, 4) is 0 Å². The second kappa shape index (κ2) is 6.04. The van der Waals surface area contributed by atoms with E-state index in [0.29, 0.717) is 16.7 Å². The molecule has 0 bridgehead atoms. The van der Waals surface area contributed by atoms with E-state index in [0.717, 1.165) is 18.4 Å². The number of fused-ring (bicyclic) bond motifs is 1. The molecule has 4 nitrogen and oxygen atoms in total. The lowest BCUT2D eigenvalue weighted by Crippen LogP contribution is -2.42. The number of rotatable bonds is 4. The molecule has 0 spiro atoms. The standard InChI is InChI=1S/C20H18O4/c1-3-7-14-8-6-9-15(12-14)20(24-13(2)21)18(22)16-10-4-5-11-17(16)19(20)23/h4-6,8-12H,3,7H2,1-2H3. The molecule has 4 heteroatoms. The van der Waals surface area contributed by atoms with Crippen molar-refractivity contribution in [3.05, 3.63) is 70.8 Å². The van der Waals surface area contributed by atoms with Crippen LogP contribution in [0.3, 0.4) is 0 Å². The second-order valence-electron chi connectivity index (χ2n) is 5.93. The Kier molecular flexibility index (Phi) is 4.06. The molecular formula is C20H18O4. The number of hydrogen-bond donors (Lipinski definition) is 0. The van der Waals surface area contributed by atoms with Crippen LogP contribution in [0, 0.1) is 0 Å². The van der Waals surface area contributed by atoms with E-state index in [1.807, 2.05) is 6.07 Å². The maximum atomic E-state index is 13.0. The number of carbonyl (C=O) groups is 3. The van der Waals surface area contributed by atoms with Crippen molar-refractivity contribution in [1.82, 2.24) is 0 Å². The smallest absolute Gasteiger partial charge is 0.304 e. The molecule has 0 saturated carbocycles. The molecule has 0 N–H and O–H groups in total. The van der Waals surface area contributed by atoms with Gasteiger partial charge in [0.2, 0.25) is 11.6 Å². The number of ether oxygens (including phenoxy) is 1. The average Bonchev–Trinajstić information content (AvgIpc) is 2.78. The summed E-state index contributed by atoms with van der Waals surface area (Å²) in [6, 6.07) is 13.8. The summed E-state index contributed by atoms with van der Waals surface area (Å²) in [5.41, 5.74) is 0.0986. The van der Waals surface area contributed by atoms with Crippen LogP contribution in [0.15, 0.2) is 48.5 Å². The van der Waals surface area contributed by atoms with E-state index >= 15 is 0 Å². The van der Waals surface area contributed by atoms with Crippen LogP contribution in [0.1, 0.15) is 52.1 Å². The van der Waals surface area contributed by atoms with Crippen LogP contribution in [0.2, 0.25) is 0 Å². The fraction of sp³-hybridized carbons (Fsp3) is 0.250. The van der Waals surface area contributed by atoms with Gasteiger partial charge in [0, 0.05) is 23.6 Å². The zero-order valence-corrected chi connectivity index (χ0v) is 13.7. The highest BCUT2D eigenvalue weighted by Crippen LogP contribution is 2.41. The van der Waals surface area contributed by atoms with Crippen molar-refractivity contribution in [3.63, 3.8) is 0 Å². The minimum absolute atomic E-state index is 0.296. The fourth-order valence-corrected chi connectivity index (χ4v) is 3.23. The number of ketones is 2. The summed E-state index contributed by atoms with van der Waals surface area (Å²) in [5, 5.41) is 0. The molecule has 122 valence electrons. The molecule has 24 heavy (non-hydrogen) atoms. The van der Waals surface area contributed by atoms with Gasteiger partial charge in [-0.05, 0) is 12.0 Å². The van der Waals surface area contributed by atoms with E-state index in [9.17, 15) is 14.4 Å². The number of carbonyl (C=O) groups excluding carboxylic acids is 3. The van der Waals surface area contributed by atoms with E-state index in [4.69, 9.17) is 4.74 Å². The molecule has 3 rings (SSSR count). The molecule has 2 aromatic rings. The Labute approximate surface area is 140 Å². The van der Waals surface area contributed by atoms with Gasteiger partial charge in [-0.1, -0.05) is 61.9 Å². The highest BCUT2D eigenvalue weighted by Gasteiger charge is 2.57. The first kappa shape index (κ1) is 16.1. The van der Waals surface area contributed by atoms with Gasteiger partial charge in [-0.25, -0.2) is 0 Å².